The number of rotatable bonds is 3. The van der Waals surface area contributed by atoms with Crippen molar-refractivity contribution < 1.29 is 0 Å². The number of hydrogen-bond donors (Lipinski definition) is 1. The maximum Gasteiger partial charge on any atom is 0.154 e. The van der Waals surface area contributed by atoms with Gasteiger partial charge in [-0.3, -0.25) is 0 Å². The third-order valence-electron chi connectivity index (χ3n) is 2.64. The van der Waals surface area contributed by atoms with Crippen molar-refractivity contribution in [2.24, 2.45) is 11.7 Å². The highest BCUT2D eigenvalue weighted by Gasteiger charge is 2.09. The fourth-order valence-electron chi connectivity index (χ4n) is 1.89. The highest BCUT2D eigenvalue weighted by molar-refractivity contribution is 5.41. The van der Waals surface area contributed by atoms with Crippen LogP contribution in [0.1, 0.15) is 30.9 Å². The van der Waals surface area contributed by atoms with Crippen molar-refractivity contribution in [1.82, 2.24) is 14.6 Å². The molecule has 0 aromatic carbocycles. The van der Waals surface area contributed by atoms with Crippen LogP contribution >= 0.6 is 0 Å². The molecule has 0 aliphatic carbocycles. The normalized spacial score (nSPS) is 11.6. The molecule has 4 nitrogen and oxygen atoms in total. The van der Waals surface area contributed by atoms with Crippen molar-refractivity contribution in [1.29, 1.82) is 0 Å². The maximum absolute atomic E-state index is 5.71. The second kappa shape index (κ2) is 4.22. The van der Waals surface area contributed by atoms with Gasteiger partial charge in [0, 0.05) is 6.54 Å². The second-order valence-corrected chi connectivity index (χ2v) is 4.54. The molecule has 0 radical (unpaired) electrons. The van der Waals surface area contributed by atoms with E-state index in [0.717, 1.165) is 29.1 Å². The average molecular weight is 218 g/mol. The lowest BCUT2D eigenvalue weighted by molar-refractivity contribution is 0.621. The number of nitrogens with zero attached hydrogens (tertiary/aromatic N) is 3. The Bertz CT molecular complexity index is 499. The zero-order chi connectivity index (χ0) is 11.7. The molecule has 86 valence electrons. The van der Waals surface area contributed by atoms with Crippen LogP contribution < -0.4 is 5.73 Å². The zero-order valence-electron chi connectivity index (χ0n) is 10.1. The average Bonchev–Trinajstić information content (AvgIpc) is 2.52. The second-order valence-electron chi connectivity index (χ2n) is 4.54. The van der Waals surface area contributed by atoms with E-state index in [1.807, 2.05) is 23.6 Å². The quantitative estimate of drug-likeness (QED) is 0.853. The molecule has 0 spiro atoms. The van der Waals surface area contributed by atoms with Gasteiger partial charge in [0.05, 0.1) is 17.1 Å². The predicted octanol–water partition coefficient (Wildman–Crippen LogP) is 1.69. The largest absolute Gasteiger partial charge is 0.325 e. The molecule has 0 fully saturated rings. The van der Waals surface area contributed by atoms with Crippen molar-refractivity contribution in [3.8, 4) is 0 Å². The maximum atomic E-state index is 5.71. The van der Waals surface area contributed by atoms with Gasteiger partial charge in [-0.1, -0.05) is 13.8 Å². The highest BCUT2D eigenvalue weighted by Crippen LogP contribution is 2.12. The van der Waals surface area contributed by atoms with Gasteiger partial charge in [-0.2, -0.15) is 5.10 Å². The van der Waals surface area contributed by atoms with E-state index in [1.54, 1.807) is 0 Å². The Balaban J connectivity index is 2.50. The molecule has 2 aromatic heterocycles. The number of fused-ring (bicyclic) bond motifs is 1. The van der Waals surface area contributed by atoms with Gasteiger partial charge < -0.3 is 5.73 Å². The molecular formula is C12H18N4. The minimum atomic E-state index is 0.477. The van der Waals surface area contributed by atoms with Crippen LogP contribution in [0.4, 0.5) is 0 Å². The summed E-state index contributed by atoms with van der Waals surface area (Å²) in [5.41, 5.74) is 9.65. The standard InChI is InChI=1S/C12H18N4/c1-8(2)6-10-4-5-12-14-9(3)11(7-13)16(12)15-10/h4-5,8H,6-7,13H2,1-3H3. The number of nitrogens with two attached hydrogens (primary N) is 1. The molecule has 0 amide bonds. The van der Waals surface area contributed by atoms with Gasteiger partial charge in [-0.25, -0.2) is 9.50 Å². The molecular weight excluding hydrogens is 200 g/mol. The SMILES string of the molecule is Cc1nc2ccc(CC(C)C)nn2c1CN. The number of imidazole rings is 1. The van der Waals surface area contributed by atoms with Gasteiger partial charge in [0.15, 0.2) is 5.65 Å². The van der Waals surface area contributed by atoms with Crippen LogP contribution in [0.15, 0.2) is 12.1 Å². The minimum absolute atomic E-state index is 0.477. The van der Waals surface area contributed by atoms with Crippen molar-refractivity contribution in [2.45, 2.75) is 33.7 Å². The Morgan fingerprint density at radius 2 is 2.12 bits per heavy atom. The van der Waals surface area contributed by atoms with E-state index in [0.29, 0.717) is 12.5 Å². The fourth-order valence-corrected chi connectivity index (χ4v) is 1.89. The van der Waals surface area contributed by atoms with E-state index < -0.39 is 0 Å². The first-order valence-electron chi connectivity index (χ1n) is 5.66. The summed E-state index contributed by atoms with van der Waals surface area (Å²) in [5, 5.41) is 4.58. The number of aromatic nitrogens is 3. The number of aryl methyl sites for hydroxylation is 1. The minimum Gasteiger partial charge on any atom is -0.325 e. The molecule has 0 saturated carbocycles. The summed E-state index contributed by atoms with van der Waals surface area (Å²) in [6, 6.07) is 4.05. The van der Waals surface area contributed by atoms with Crippen LogP contribution in [-0.4, -0.2) is 14.6 Å². The van der Waals surface area contributed by atoms with Gasteiger partial charge in [0.25, 0.3) is 0 Å². The van der Waals surface area contributed by atoms with Crippen molar-refractivity contribution in [3.63, 3.8) is 0 Å². The molecule has 0 saturated heterocycles. The fraction of sp³-hybridized carbons (Fsp3) is 0.500. The van der Waals surface area contributed by atoms with E-state index in [1.165, 1.54) is 0 Å². The summed E-state index contributed by atoms with van der Waals surface area (Å²) in [6.45, 7) is 6.83. The molecule has 0 unspecified atom stereocenters. The van der Waals surface area contributed by atoms with Gasteiger partial charge in [-0.15, -0.1) is 0 Å². The monoisotopic (exact) mass is 218 g/mol. The molecule has 16 heavy (non-hydrogen) atoms. The van der Waals surface area contributed by atoms with Gasteiger partial charge in [0.1, 0.15) is 0 Å². The Labute approximate surface area is 95.5 Å². The molecule has 4 heteroatoms. The Hall–Kier alpha value is -1.42. The van der Waals surface area contributed by atoms with Crippen molar-refractivity contribution >= 4 is 5.65 Å². The van der Waals surface area contributed by atoms with Gasteiger partial charge in [-0.05, 0) is 31.4 Å². The lowest BCUT2D eigenvalue weighted by atomic mass is 10.1. The molecule has 2 N–H and O–H groups in total. The molecule has 0 atom stereocenters. The summed E-state index contributed by atoms with van der Waals surface area (Å²) in [5.74, 6) is 0.607. The Morgan fingerprint density at radius 3 is 2.75 bits per heavy atom. The summed E-state index contributed by atoms with van der Waals surface area (Å²) in [4.78, 5) is 4.42. The topological polar surface area (TPSA) is 56.2 Å². The van der Waals surface area contributed by atoms with Crippen molar-refractivity contribution in [3.05, 3.63) is 29.2 Å². The van der Waals surface area contributed by atoms with E-state index in [-0.39, 0.29) is 0 Å². The molecule has 2 aromatic rings. The smallest absolute Gasteiger partial charge is 0.154 e. The van der Waals surface area contributed by atoms with Crippen LogP contribution in [0.2, 0.25) is 0 Å². The summed E-state index contributed by atoms with van der Waals surface area (Å²) < 4.78 is 1.87. The van der Waals surface area contributed by atoms with E-state index in [9.17, 15) is 0 Å². The Morgan fingerprint density at radius 1 is 1.38 bits per heavy atom. The third kappa shape index (κ3) is 1.93. The van der Waals surface area contributed by atoms with Gasteiger partial charge in [0.2, 0.25) is 0 Å². The lowest BCUT2D eigenvalue weighted by Gasteiger charge is -2.05. The summed E-state index contributed by atoms with van der Waals surface area (Å²) >= 11 is 0. The van der Waals surface area contributed by atoms with Crippen LogP contribution in [0.25, 0.3) is 5.65 Å². The molecule has 2 rings (SSSR count). The lowest BCUT2D eigenvalue weighted by Crippen LogP contribution is -2.07. The molecule has 0 bridgehead atoms. The van der Waals surface area contributed by atoms with Crippen LogP contribution in [-0.2, 0) is 13.0 Å². The first-order valence-corrected chi connectivity index (χ1v) is 5.66. The predicted molar refractivity (Wildman–Crippen MR) is 64.2 cm³/mol. The van der Waals surface area contributed by atoms with Gasteiger partial charge >= 0.3 is 0 Å². The summed E-state index contributed by atoms with van der Waals surface area (Å²) in [7, 11) is 0. The summed E-state index contributed by atoms with van der Waals surface area (Å²) in [6.07, 6.45) is 0.983. The third-order valence-corrected chi connectivity index (χ3v) is 2.64. The molecule has 2 heterocycles. The van der Waals surface area contributed by atoms with E-state index in [2.05, 4.69) is 23.9 Å². The van der Waals surface area contributed by atoms with E-state index in [4.69, 9.17) is 5.73 Å². The number of hydrogen-bond acceptors (Lipinski definition) is 3. The highest BCUT2D eigenvalue weighted by atomic mass is 15.3. The first kappa shape index (κ1) is 11.1. The van der Waals surface area contributed by atoms with Crippen LogP contribution in [0, 0.1) is 12.8 Å². The molecule has 0 aliphatic rings. The Kier molecular flexibility index (Phi) is 2.92. The van der Waals surface area contributed by atoms with Crippen molar-refractivity contribution in [2.75, 3.05) is 0 Å². The zero-order valence-corrected chi connectivity index (χ0v) is 10.1. The molecule has 0 aliphatic heterocycles. The van der Waals surface area contributed by atoms with E-state index >= 15 is 0 Å². The van der Waals surface area contributed by atoms with Crippen LogP contribution in [0.5, 0.6) is 0 Å². The first-order chi connectivity index (χ1) is 7.61. The van der Waals surface area contributed by atoms with Crippen LogP contribution in [0.3, 0.4) is 0 Å².